The van der Waals surface area contributed by atoms with Crippen molar-refractivity contribution < 1.29 is 23.1 Å². The van der Waals surface area contributed by atoms with Gasteiger partial charge in [0.1, 0.15) is 5.82 Å². The highest BCUT2D eigenvalue weighted by Crippen LogP contribution is 2.21. The van der Waals surface area contributed by atoms with Crippen molar-refractivity contribution >= 4 is 33.4 Å². The van der Waals surface area contributed by atoms with Crippen LogP contribution in [-0.2, 0) is 11.3 Å². The number of halogens is 3. The Morgan fingerprint density at radius 2 is 1.63 bits per heavy atom. The number of carbonyl (C=O) groups is 2. The first-order valence-corrected chi connectivity index (χ1v) is 9.70. The van der Waals surface area contributed by atoms with E-state index in [0.29, 0.717) is 15.7 Å². The monoisotopic (exact) mass is 474 g/mol. The third kappa shape index (κ3) is 6.12. The van der Waals surface area contributed by atoms with Gasteiger partial charge in [0, 0.05) is 22.3 Å². The van der Waals surface area contributed by atoms with Crippen LogP contribution in [0.25, 0.3) is 0 Å². The molecule has 0 aliphatic carbocycles. The van der Waals surface area contributed by atoms with Gasteiger partial charge < -0.3 is 15.4 Å². The van der Waals surface area contributed by atoms with Gasteiger partial charge in [0.2, 0.25) is 0 Å². The molecule has 0 spiro atoms. The first kappa shape index (κ1) is 21.4. The van der Waals surface area contributed by atoms with Gasteiger partial charge >= 0.3 is 0 Å². The van der Waals surface area contributed by atoms with Crippen molar-refractivity contribution in [2.24, 2.45) is 0 Å². The van der Waals surface area contributed by atoms with Crippen LogP contribution in [0.1, 0.15) is 15.9 Å². The number of ether oxygens (including phenoxy) is 1. The van der Waals surface area contributed by atoms with Crippen LogP contribution in [0.3, 0.4) is 0 Å². The van der Waals surface area contributed by atoms with Crippen LogP contribution in [0.2, 0.25) is 0 Å². The molecule has 0 bridgehead atoms. The Morgan fingerprint density at radius 3 is 2.30 bits per heavy atom. The van der Waals surface area contributed by atoms with Gasteiger partial charge in [-0.25, -0.2) is 8.78 Å². The summed E-state index contributed by atoms with van der Waals surface area (Å²) < 4.78 is 32.3. The van der Waals surface area contributed by atoms with Crippen LogP contribution in [0.15, 0.2) is 71.2 Å². The molecule has 3 aromatic rings. The van der Waals surface area contributed by atoms with Gasteiger partial charge in [0.05, 0.1) is 0 Å². The van der Waals surface area contributed by atoms with E-state index in [-0.39, 0.29) is 30.6 Å². The van der Waals surface area contributed by atoms with Crippen LogP contribution < -0.4 is 15.4 Å². The minimum Gasteiger partial charge on any atom is -0.481 e. The van der Waals surface area contributed by atoms with Gasteiger partial charge in [0.15, 0.2) is 18.2 Å². The summed E-state index contributed by atoms with van der Waals surface area (Å²) >= 11 is 3.14. The smallest absolute Gasteiger partial charge is 0.262 e. The quantitative estimate of drug-likeness (QED) is 0.522. The molecule has 0 heterocycles. The minimum atomic E-state index is -0.576. The van der Waals surface area contributed by atoms with Crippen LogP contribution >= 0.6 is 15.9 Å². The maximum Gasteiger partial charge on any atom is 0.262 e. The van der Waals surface area contributed by atoms with Gasteiger partial charge in [-0.1, -0.05) is 28.1 Å². The summed E-state index contributed by atoms with van der Waals surface area (Å²) in [4.78, 5) is 24.2. The van der Waals surface area contributed by atoms with Gasteiger partial charge in [-0.3, -0.25) is 9.59 Å². The third-order valence-corrected chi connectivity index (χ3v) is 4.54. The van der Waals surface area contributed by atoms with Crippen LogP contribution in [-0.4, -0.2) is 18.4 Å². The van der Waals surface area contributed by atoms with Crippen molar-refractivity contribution in [1.82, 2.24) is 5.32 Å². The van der Waals surface area contributed by atoms with Crippen LogP contribution in [0.5, 0.6) is 5.75 Å². The molecular formula is C22H17BrF2N2O3. The SMILES string of the molecule is O=C(COc1ccc(Br)cc1F)Nc1ccc(C(=O)NCc2ccc(F)cc2)cc1. The fourth-order valence-corrected chi connectivity index (χ4v) is 2.86. The highest BCUT2D eigenvalue weighted by Gasteiger charge is 2.09. The average molecular weight is 475 g/mol. The molecule has 3 rings (SSSR count). The van der Waals surface area contributed by atoms with Crippen LogP contribution in [0.4, 0.5) is 14.5 Å². The number of rotatable bonds is 7. The van der Waals surface area contributed by atoms with E-state index in [1.165, 1.54) is 24.3 Å². The normalized spacial score (nSPS) is 10.4. The van der Waals surface area contributed by atoms with E-state index < -0.39 is 11.7 Å². The van der Waals surface area contributed by atoms with Crippen molar-refractivity contribution in [3.8, 4) is 5.75 Å². The molecule has 0 aliphatic heterocycles. The zero-order valence-corrected chi connectivity index (χ0v) is 17.2. The Balaban J connectivity index is 1.48. The fourth-order valence-electron chi connectivity index (χ4n) is 2.52. The van der Waals surface area contributed by atoms with Gasteiger partial charge in [-0.15, -0.1) is 0 Å². The molecule has 2 amide bonds. The second kappa shape index (κ2) is 9.98. The number of nitrogens with one attached hydrogen (secondary N) is 2. The van der Waals surface area contributed by atoms with E-state index in [1.54, 1.807) is 42.5 Å². The Kier molecular flexibility index (Phi) is 7.13. The zero-order valence-electron chi connectivity index (χ0n) is 15.6. The number of carbonyl (C=O) groups excluding carboxylic acids is 2. The highest BCUT2D eigenvalue weighted by molar-refractivity contribution is 9.10. The molecule has 0 radical (unpaired) electrons. The second-order valence-electron chi connectivity index (χ2n) is 6.30. The maximum atomic E-state index is 13.7. The molecular weight excluding hydrogens is 458 g/mol. The Bertz CT molecular complexity index is 1040. The molecule has 0 aliphatic rings. The van der Waals surface area contributed by atoms with Gasteiger partial charge in [0.25, 0.3) is 11.8 Å². The zero-order chi connectivity index (χ0) is 21.5. The fraction of sp³-hybridized carbons (Fsp3) is 0.0909. The van der Waals surface area contributed by atoms with Crippen molar-refractivity contribution in [2.75, 3.05) is 11.9 Å². The molecule has 0 saturated heterocycles. The lowest BCUT2D eigenvalue weighted by Crippen LogP contribution is -2.23. The second-order valence-corrected chi connectivity index (χ2v) is 7.21. The van der Waals surface area contributed by atoms with Gasteiger partial charge in [-0.2, -0.15) is 0 Å². The number of anilines is 1. The first-order valence-electron chi connectivity index (χ1n) is 8.91. The molecule has 2 N–H and O–H groups in total. The third-order valence-electron chi connectivity index (χ3n) is 4.05. The molecule has 154 valence electrons. The molecule has 5 nitrogen and oxygen atoms in total. The summed E-state index contributed by atoms with van der Waals surface area (Å²) in [6.07, 6.45) is 0. The number of benzene rings is 3. The van der Waals surface area contributed by atoms with E-state index in [0.717, 1.165) is 5.56 Å². The average Bonchev–Trinajstić information content (AvgIpc) is 2.73. The van der Waals surface area contributed by atoms with Crippen molar-refractivity contribution in [3.63, 3.8) is 0 Å². The van der Waals surface area contributed by atoms with Crippen molar-refractivity contribution in [2.45, 2.75) is 6.54 Å². The predicted octanol–water partition coefficient (Wildman–Crippen LogP) is 4.67. The minimum absolute atomic E-state index is 0.0264. The van der Waals surface area contributed by atoms with E-state index >= 15 is 0 Å². The van der Waals surface area contributed by atoms with E-state index in [9.17, 15) is 18.4 Å². The summed E-state index contributed by atoms with van der Waals surface area (Å²) in [5.74, 6) is -1.71. The Labute approximate surface area is 180 Å². The predicted molar refractivity (Wildman–Crippen MR) is 112 cm³/mol. The molecule has 0 unspecified atom stereocenters. The van der Waals surface area contributed by atoms with Crippen molar-refractivity contribution in [1.29, 1.82) is 0 Å². The summed E-state index contributed by atoms with van der Waals surface area (Å²) in [5, 5.41) is 5.34. The molecule has 30 heavy (non-hydrogen) atoms. The lowest BCUT2D eigenvalue weighted by Gasteiger charge is -2.09. The Morgan fingerprint density at radius 1 is 0.933 bits per heavy atom. The topological polar surface area (TPSA) is 67.4 Å². The summed E-state index contributed by atoms with van der Waals surface area (Å²) in [6, 6.07) is 16.4. The molecule has 0 aromatic heterocycles. The number of hydrogen-bond donors (Lipinski definition) is 2. The van der Waals surface area contributed by atoms with E-state index in [4.69, 9.17) is 4.74 Å². The molecule has 0 fully saturated rings. The molecule has 8 heteroatoms. The maximum absolute atomic E-state index is 13.7. The Hall–Kier alpha value is -3.26. The summed E-state index contributed by atoms with van der Waals surface area (Å²) in [5.41, 5.74) is 1.65. The lowest BCUT2D eigenvalue weighted by molar-refractivity contribution is -0.118. The van der Waals surface area contributed by atoms with Gasteiger partial charge in [-0.05, 0) is 60.2 Å². The lowest BCUT2D eigenvalue weighted by atomic mass is 10.1. The largest absolute Gasteiger partial charge is 0.481 e. The standard InChI is InChI=1S/C22H17BrF2N2O3/c23-16-5-10-20(19(25)11-16)30-13-21(28)27-18-8-3-15(4-9-18)22(29)26-12-14-1-6-17(24)7-2-14/h1-11H,12-13H2,(H,26,29)(H,27,28). The summed E-state index contributed by atoms with van der Waals surface area (Å²) in [7, 11) is 0. The number of hydrogen-bond acceptors (Lipinski definition) is 3. The summed E-state index contributed by atoms with van der Waals surface area (Å²) in [6.45, 7) is -0.0972. The number of amides is 2. The van der Waals surface area contributed by atoms with Crippen LogP contribution in [0, 0.1) is 11.6 Å². The molecule has 0 atom stereocenters. The molecule has 3 aromatic carbocycles. The first-order chi connectivity index (χ1) is 14.4. The van der Waals surface area contributed by atoms with E-state index in [1.807, 2.05) is 0 Å². The van der Waals surface area contributed by atoms with Crippen molar-refractivity contribution in [3.05, 3.63) is 94.0 Å². The molecule has 0 saturated carbocycles. The highest BCUT2D eigenvalue weighted by atomic mass is 79.9. The van der Waals surface area contributed by atoms with E-state index in [2.05, 4.69) is 26.6 Å².